The summed E-state index contributed by atoms with van der Waals surface area (Å²) in [6.07, 6.45) is 5.13. The number of rotatable bonds is 3. The maximum absolute atomic E-state index is 5.24. The number of aromatic amines is 2. The van der Waals surface area contributed by atoms with Gasteiger partial charge in [-0.05, 0) is 36.4 Å². The van der Waals surface area contributed by atoms with Crippen molar-refractivity contribution in [1.29, 1.82) is 0 Å². The lowest BCUT2D eigenvalue weighted by atomic mass is 10.1. The zero-order valence-electron chi connectivity index (χ0n) is 15.1. The molecule has 0 aliphatic heterocycles. The largest absolute Gasteiger partial charge is 0.472 e. The first-order valence-electron chi connectivity index (χ1n) is 9.15. The molecule has 2 N–H and O–H groups in total. The van der Waals surface area contributed by atoms with Gasteiger partial charge in [-0.25, -0.2) is 9.97 Å². The SMILES string of the molecule is c1ccc(-c2ccc3[nH]nc(-c4nc5c(-c6ccoc6)cccc5[nH]4)c3n2)nc1. The second kappa shape index (κ2) is 6.13. The van der Waals surface area contributed by atoms with E-state index in [0.717, 1.165) is 44.6 Å². The summed E-state index contributed by atoms with van der Waals surface area (Å²) in [5.74, 6) is 0.660. The lowest BCUT2D eigenvalue weighted by Gasteiger charge is -2.00. The number of furan rings is 1. The number of imidazole rings is 1. The number of nitrogens with zero attached hydrogens (tertiary/aromatic N) is 4. The molecule has 0 aliphatic carbocycles. The van der Waals surface area contributed by atoms with E-state index in [-0.39, 0.29) is 0 Å². The maximum atomic E-state index is 5.24. The molecule has 0 fully saturated rings. The molecule has 7 nitrogen and oxygen atoms in total. The third-order valence-electron chi connectivity index (χ3n) is 4.90. The highest BCUT2D eigenvalue weighted by atomic mass is 16.3. The minimum atomic E-state index is 0.660. The Kier molecular flexibility index (Phi) is 3.33. The van der Waals surface area contributed by atoms with Gasteiger partial charge < -0.3 is 9.40 Å². The Balaban J connectivity index is 1.53. The molecule has 0 bridgehead atoms. The molecule has 5 heterocycles. The molecule has 0 amide bonds. The van der Waals surface area contributed by atoms with Gasteiger partial charge in [-0.15, -0.1) is 0 Å². The molecule has 0 atom stereocenters. The molecule has 0 spiro atoms. The number of nitrogens with one attached hydrogen (secondary N) is 2. The Hall–Kier alpha value is -4.26. The fourth-order valence-electron chi connectivity index (χ4n) is 3.52. The second-order valence-electron chi connectivity index (χ2n) is 6.68. The normalized spacial score (nSPS) is 11.4. The number of fused-ring (bicyclic) bond motifs is 2. The monoisotopic (exact) mass is 378 g/mol. The number of benzene rings is 1. The van der Waals surface area contributed by atoms with Crippen LogP contribution in [0.2, 0.25) is 0 Å². The van der Waals surface area contributed by atoms with Crippen LogP contribution < -0.4 is 0 Å². The van der Waals surface area contributed by atoms with Crippen molar-refractivity contribution in [1.82, 2.24) is 30.1 Å². The summed E-state index contributed by atoms with van der Waals surface area (Å²) in [6, 6.07) is 17.6. The molecular weight excluding hydrogens is 364 g/mol. The van der Waals surface area contributed by atoms with Gasteiger partial charge in [-0.1, -0.05) is 18.2 Å². The molecular formula is C22H14N6O. The van der Waals surface area contributed by atoms with E-state index in [9.17, 15) is 0 Å². The average Bonchev–Trinajstić information content (AvgIpc) is 3.52. The Morgan fingerprint density at radius 1 is 0.793 bits per heavy atom. The summed E-state index contributed by atoms with van der Waals surface area (Å²) in [7, 11) is 0. The Morgan fingerprint density at radius 2 is 1.79 bits per heavy atom. The predicted octanol–water partition coefficient (Wildman–Crippen LogP) is 4.82. The number of aromatic nitrogens is 6. The molecule has 0 saturated heterocycles. The van der Waals surface area contributed by atoms with Crippen molar-refractivity contribution in [2.45, 2.75) is 0 Å². The number of pyridine rings is 2. The van der Waals surface area contributed by atoms with Crippen LogP contribution in [0.1, 0.15) is 0 Å². The Labute approximate surface area is 164 Å². The van der Waals surface area contributed by atoms with Gasteiger partial charge in [0.15, 0.2) is 11.5 Å². The zero-order valence-corrected chi connectivity index (χ0v) is 15.1. The maximum Gasteiger partial charge on any atom is 0.161 e. The van der Waals surface area contributed by atoms with Gasteiger partial charge >= 0.3 is 0 Å². The number of hydrogen-bond acceptors (Lipinski definition) is 5. The van der Waals surface area contributed by atoms with Crippen molar-refractivity contribution in [2.75, 3.05) is 0 Å². The number of H-pyrrole nitrogens is 2. The van der Waals surface area contributed by atoms with Crippen molar-refractivity contribution >= 4 is 22.1 Å². The summed E-state index contributed by atoms with van der Waals surface area (Å²) < 4.78 is 5.24. The van der Waals surface area contributed by atoms with Crippen LogP contribution >= 0.6 is 0 Å². The first-order chi connectivity index (χ1) is 14.4. The highest BCUT2D eigenvalue weighted by molar-refractivity contribution is 5.96. The van der Waals surface area contributed by atoms with E-state index >= 15 is 0 Å². The van der Waals surface area contributed by atoms with Crippen LogP contribution in [-0.2, 0) is 0 Å². The van der Waals surface area contributed by atoms with Crippen molar-refractivity contribution in [3.8, 4) is 34.0 Å². The van der Waals surface area contributed by atoms with Crippen molar-refractivity contribution < 1.29 is 4.42 Å². The summed E-state index contributed by atoms with van der Waals surface area (Å²) in [5.41, 5.74) is 7.64. The Bertz CT molecular complexity index is 1450. The highest BCUT2D eigenvalue weighted by Crippen LogP contribution is 2.31. The molecule has 7 heteroatoms. The fraction of sp³-hybridized carbons (Fsp3) is 0. The van der Waals surface area contributed by atoms with Crippen LogP contribution in [-0.4, -0.2) is 30.1 Å². The Morgan fingerprint density at radius 3 is 2.66 bits per heavy atom. The number of para-hydroxylation sites is 1. The van der Waals surface area contributed by atoms with Gasteiger partial charge in [0.25, 0.3) is 0 Å². The molecule has 0 aliphatic rings. The van der Waals surface area contributed by atoms with Crippen LogP contribution in [0.3, 0.4) is 0 Å². The molecule has 1 aromatic carbocycles. The van der Waals surface area contributed by atoms with Crippen molar-refractivity contribution in [3.63, 3.8) is 0 Å². The topological polar surface area (TPSA) is 96.3 Å². The van der Waals surface area contributed by atoms with E-state index in [0.29, 0.717) is 11.5 Å². The molecule has 29 heavy (non-hydrogen) atoms. The van der Waals surface area contributed by atoms with E-state index in [1.807, 2.05) is 54.6 Å². The summed E-state index contributed by atoms with van der Waals surface area (Å²) in [5, 5.41) is 7.51. The third-order valence-corrected chi connectivity index (χ3v) is 4.90. The predicted molar refractivity (Wildman–Crippen MR) is 110 cm³/mol. The molecule has 5 aromatic heterocycles. The molecule has 0 radical (unpaired) electrons. The van der Waals surface area contributed by atoms with Gasteiger partial charge in [0.1, 0.15) is 5.52 Å². The molecule has 138 valence electrons. The smallest absolute Gasteiger partial charge is 0.161 e. The van der Waals surface area contributed by atoms with Gasteiger partial charge in [-0.3, -0.25) is 10.1 Å². The van der Waals surface area contributed by atoms with Gasteiger partial charge in [-0.2, -0.15) is 5.10 Å². The molecule has 6 aromatic rings. The standard InChI is InChI=1S/C22H14N6O/c1-2-10-23-15(5-1)16-7-8-18-20(24-16)21(28-27-18)22-25-17-6-3-4-14(19(17)26-22)13-9-11-29-12-13/h1-12H,(H,25,26)(H,27,28). The van der Waals surface area contributed by atoms with E-state index in [2.05, 4.69) is 20.2 Å². The van der Waals surface area contributed by atoms with Gasteiger partial charge in [0, 0.05) is 17.3 Å². The highest BCUT2D eigenvalue weighted by Gasteiger charge is 2.17. The summed E-state index contributed by atoms with van der Waals surface area (Å²) in [6.45, 7) is 0. The van der Waals surface area contributed by atoms with Crippen LogP contribution in [0.4, 0.5) is 0 Å². The first kappa shape index (κ1) is 15.8. The zero-order chi connectivity index (χ0) is 19.2. The number of hydrogen-bond donors (Lipinski definition) is 2. The molecule has 0 saturated carbocycles. The van der Waals surface area contributed by atoms with E-state index in [4.69, 9.17) is 14.4 Å². The van der Waals surface area contributed by atoms with Crippen LogP contribution in [0.25, 0.3) is 56.1 Å². The van der Waals surface area contributed by atoms with Gasteiger partial charge in [0.2, 0.25) is 0 Å². The van der Waals surface area contributed by atoms with Crippen LogP contribution in [0, 0.1) is 0 Å². The molecule has 0 unspecified atom stereocenters. The average molecular weight is 378 g/mol. The molecule has 6 rings (SSSR count). The van der Waals surface area contributed by atoms with Crippen molar-refractivity contribution in [3.05, 3.63) is 73.3 Å². The van der Waals surface area contributed by atoms with Crippen LogP contribution in [0.15, 0.2) is 77.7 Å². The first-order valence-corrected chi connectivity index (χ1v) is 9.15. The second-order valence-corrected chi connectivity index (χ2v) is 6.68. The quantitative estimate of drug-likeness (QED) is 0.460. The van der Waals surface area contributed by atoms with E-state index in [1.165, 1.54) is 0 Å². The van der Waals surface area contributed by atoms with E-state index in [1.54, 1.807) is 18.7 Å². The third kappa shape index (κ3) is 2.52. The fourth-order valence-corrected chi connectivity index (χ4v) is 3.52. The van der Waals surface area contributed by atoms with Crippen molar-refractivity contribution in [2.24, 2.45) is 0 Å². The van der Waals surface area contributed by atoms with Crippen LogP contribution in [0.5, 0.6) is 0 Å². The minimum Gasteiger partial charge on any atom is -0.472 e. The summed E-state index contributed by atoms with van der Waals surface area (Å²) >= 11 is 0. The lowest BCUT2D eigenvalue weighted by molar-refractivity contribution is 0.568. The minimum absolute atomic E-state index is 0.660. The van der Waals surface area contributed by atoms with E-state index < -0.39 is 0 Å². The van der Waals surface area contributed by atoms with Gasteiger partial charge in [0.05, 0.1) is 40.5 Å². The summed E-state index contributed by atoms with van der Waals surface area (Å²) in [4.78, 5) is 17.4. The lowest BCUT2D eigenvalue weighted by Crippen LogP contribution is -1.88.